The maximum absolute atomic E-state index is 12.3. The highest BCUT2D eigenvalue weighted by molar-refractivity contribution is 7.99. The molecule has 0 aromatic heterocycles. The molecule has 3 N–H and O–H groups in total. The summed E-state index contributed by atoms with van der Waals surface area (Å²) in [6.07, 6.45) is 0.103. The normalized spacial score (nSPS) is 11.7. The summed E-state index contributed by atoms with van der Waals surface area (Å²) in [6, 6.07) is 13.5. The molecule has 0 fully saturated rings. The largest absolute Gasteiger partial charge is 0.461 e. The van der Waals surface area contributed by atoms with E-state index in [1.807, 2.05) is 0 Å². The SMILES string of the molecule is CC(=O)O/N=C(\C)C(=O)c1ccc(Sc2ccc(C(=O)OCC(CO)(CO)CCO)cc2)cc1. The number of oxime groups is 1. The van der Waals surface area contributed by atoms with E-state index in [-0.39, 0.29) is 31.1 Å². The Balaban J connectivity index is 1.98. The summed E-state index contributed by atoms with van der Waals surface area (Å²) in [5.41, 5.74) is -0.316. The lowest BCUT2D eigenvalue weighted by atomic mass is 9.87. The van der Waals surface area contributed by atoms with E-state index in [9.17, 15) is 24.6 Å². The molecule has 34 heavy (non-hydrogen) atoms. The average molecular weight is 490 g/mol. The van der Waals surface area contributed by atoms with Crippen LogP contribution < -0.4 is 0 Å². The Bertz CT molecular complexity index is 1010. The van der Waals surface area contributed by atoms with E-state index in [0.29, 0.717) is 11.1 Å². The molecule has 9 nitrogen and oxygen atoms in total. The van der Waals surface area contributed by atoms with Crippen LogP contribution in [-0.4, -0.2) is 65.2 Å². The number of nitrogens with zero attached hydrogens (tertiary/aromatic N) is 1. The van der Waals surface area contributed by atoms with Crippen LogP contribution in [0.4, 0.5) is 0 Å². The van der Waals surface area contributed by atoms with Gasteiger partial charge in [-0.1, -0.05) is 16.9 Å². The molecule has 0 unspecified atom stereocenters. The van der Waals surface area contributed by atoms with E-state index in [0.717, 1.165) is 9.79 Å². The number of aliphatic hydroxyl groups is 3. The van der Waals surface area contributed by atoms with Crippen molar-refractivity contribution in [2.24, 2.45) is 10.6 Å². The minimum absolute atomic E-state index is 0.0599. The number of aliphatic hydroxyl groups excluding tert-OH is 3. The van der Waals surface area contributed by atoms with Gasteiger partial charge >= 0.3 is 11.9 Å². The number of hydrogen-bond acceptors (Lipinski definition) is 10. The Morgan fingerprint density at radius 3 is 1.88 bits per heavy atom. The number of rotatable bonds is 12. The van der Waals surface area contributed by atoms with E-state index in [1.54, 1.807) is 48.5 Å². The number of Topliss-reactive ketones (excluding diaryl/α,β-unsaturated/α-hetero) is 1. The number of benzene rings is 2. The van der Waals surface area contributed by atoms with E-state index < -0.39 is 30.6 Å². The molecule has 0 amide bonds. The Morgan fingerprint density at radius 1 is 0.882 bits per heavy atom. The number of hydrogen-bond donors (Lipinski definition) is 3. The first kappa shape index (κ1) is 27.2. The zero-order valence-electron chi connectivity index (χ0n) is 18.9. The van der Waals surface area contributed by atoms with Crippen LogP contribution in [-0.2, 0) is 14.4 Å². The summed E-state index contributed by atoms with van der Waals surface area (Å²) in [5.74, 6) is -1.57. The Hall–Kier alpha value is -3.05. The summed E-state index contributed by atoms with van der Waals surface area (Å²) in [6.45, 7) is 1.35. The first-order valence-corrected chi connectivity index (χ1v) is 11.2. The topological polar surface area (TPSA) is 143 Å². The van der Waals surface area contributed by atoms with Crippen molar-refractivity contribution in [3.63, 3.8) is 0 Å². The molecule has 0 saturated heterocycles. The highest BCUT2D eigenvalue weighted by Crippen LogP contribution is 2.28. The van der Waals surface area contributed by atoms with Gasteiger partial charge in [-0.25, -0.2) is 9.59 Å². The van der Waals surface area contributed by atoms with Crippen LogP contribution in [0.5, 0.6) is 0 Å². The van der Waals surface area contributed by atoms with Crippen molar-refractivity contribution in [2.45, 2.75) is 30.1 Å². The molecule has 0 radical (unpaired) electrons. The van der Waals surface area contributed by atoms with Gasteiger partial charge in [0, 0.05) is 28.9 Å². The molecule has 182 valence electrons. The van der Waals surface area contributed by atoms with Crippen molar-refractivity contribution in [1.82, 2.24) is 0 Å². The van der Waals surface area contributed by atoms with Gasteiger partial charge in [0.05, 0.1) is 24.2 Å². The molecular weight excluding hydrogens is 462 g/mol. The van der Waals surface area contributed by atoms with Gasteiger partial charge in [-0.2, -0.15) is 0 Å². The quantitative estimate of drug-likeness (QED) is 0.135. The van der Waals surface area contributed by atoms with Gasteiger partial charge in [0.15, 0.2) is 0 Å². The monoisotopic (exact) mass is 489 g/mol. The van der Waals surface area contributed by atoms with Crippen molar-refractivity contribution in [3.8, 4) is 0 Å². The molecule has 0 aliphatic heterocycles. The second-order valence-electron chi connectivity index (χ2n) is 7.61. The standard InChI is InChI=1S/C24H27NO8S/c1-16(25-33-17(2)29)22(30)18-3-7-20(8-4-18)34-21-9-5-19(6-10-21)23(31)32-15-24(13-27,14-28)11-12-26/h3-10,26-28H,11-15H2,1-2H3/b25-16+. The zero-order chi connectivity index (χ0) is 25.1. The van der Waals surface area contributed by atoms with Gasteiger partial charge in [0.1, 0.15) is 12.3 Å². The molecule has 0 aliphatic carbocycles. The lowest BCUT2D eigenvalue weighted by Crippen LogP contribution is -2.37. The van der Waals surface area contributed by atoms with Crippen molar-refractivity contribution >= 4 is 35.2 Å². The van der Waals surface area contributed by atoms with Crippen LogP contribution >= 0.6 is 11.8 Å². The molecule has 0 heterocycles. The Labute approximate surface area is 201 Å². The fraction of sp³-hybridized carbons (Fsp3) is 0.333. The molecule has 2 aromatic carbocycles. The van der Waals surface area contributed by atoms with Gasteiger partial charge in [-0.15, -0.1) is 0 Å². The third kappa shape index (κ3) is 7.77. The summed E-state index contributed by atoms with van der Waals surface area (Å²) in [5, 5.41) is 31.6. The van der Waals surface area contributed by atoms with Gasteiger partial charge in [-0.3, -0.25) is 4.79 Å². The summed E-state index contributed by atoms with van der Waals surface area (Å²) < 4.78 is 5.23. The molecule has 0 spiro atoms. The summed E-state index contributed by atoms with van der Waals surface area (Å²) in [7, 11) is 0. The number of carbonyl (C=O) groups is 3. The first-order valence-electron chi connectivity index (χ1n) is 10.4. The van der Waals surface area contributed by atoms with Crippen molar-refractivity contribution in [3.05, 3.63) is 59.7 Å². The van der Waals surface area contributed by atoms with Gasteiger partial charge in [0.25, 0.3) is 0 Å². The predicted octanol–water partition coefficient (Wildman–Crippen LogP) is 2.47. The van der Waals surface area contributed by atoms with Gasteiger partial charge in [-0.05, 0) is 61.9 Å². The lowest BCUT2D eigenvalue weighted by Gasteiger charge is -2.28. The third-order valence-corrected chi connectivity index (χ3v) is 5.92. The number of ketones is 1. The highest BCUT2D eigenvalue weighted by Gasteiger charge is 2.30. The van der Waals surface area contributed by atoms with Crippen LogP contribution in [0.25, 0.3) is 0 Å². The third-order valence-electron chi connectivity index (χ3n) is 4.90. The Kier molecular flexibility index (Phi) is 10.4. The molecular formula is C24H27NO8S. The molecule has 0 atom stereocenters. The fourth-order valence-electron chi connectivity index (χ4n) is 2.76. The van der Waals surface area contributed by atoms with Crippen molar-refractivity contribution in [1.29, 1.82) is 0 Å². The number of carbonyl (C=O) groups excluding carboxylic acids is 3. The highest BCUT2D eigenvalue weighted by atomic mass is 32.2. The van der Waals surface area contributed by atoms with Crippen LogP contribution in [0.15, 0.2) is 63.5 Å². The van der Waals surface area contributed by atoms with Crippen LogP contribution in [0.1, 0.15) is 41.0 Å². The predicted molar refractivity (Wildman–Crippen MR) is 125 cm³/mol. The van der Waals surface area contributed by atoms with Crippen molar-refractivity contribution < 1.29 is 39.3 Å². The molecule has 0 bridgehead atoms. The van der Waals surface area contributed by atoms with E-state index >= 15 is 0 Å². The molecule has 2 aromatic rings. The Morgan fingerprint density at radius 2 is 1.41 bits per heavy atom. The van der Waals surface area contributed by atoms with E-state index in [4.69, 9.17) is 9.84 Å². The molecule has 0 saturated carbocycles. The van der Waals surface area contributed by atoms with Gasteiger partial charge < -0.3 is 24.9 Å². The van der Waals surface area contributed by atoms with E-state index in [1.165, 1.54) is 25.6 Å². The molecule has 10 heteroatoms. The average Bonchev–Trinajstić information content (AvgIpc) is 2.85. The smallest absolute Gasteiger partial charge is 0.338 e. The lowest BCUT2D eigenvalue weighted by molar-refractivity contribution is -0.140. The second-order valence-corrected chi connectivity index (χ2v) is 8.75. The number of ether oxygens (including phenoxy) is 1. The van der Waals surface area contributed by atoms with Crippen LogP contribution in [0.3, 0.4) is 0 Å². The van der Waals surface area contributed by atoms with E-state index in [2.05, 4.69) is 9.99 Å². The van der Waals surface area contributed by atoms with Crippen molar-refractivity contribution in [2.75, 3.05) is 26.4 Å². The van der Waals surface area contributed by atoms with Crippen LogP contribution in [0.2, 0.25) is 0 Å². The summed E-state index contributed by atoms with van der Waals surface area (Å²) in [4.78, 5) is 41.6. The minimum atomic E-state index is -1.08. The maximum Gasteiger partial charge on any atom is 0.338 e. The summed E-state index contributed by atoms with van der Waals surface area (Å²) >= 11 is 1.43. The zero-order valence-corrected chi connectivity index (χ0v) is 19.7. The molecule has 2 rings (SSSR count). The van der Waals surface area contributed by atoms with Crippen LogP contribution in [0, 0.1) is 5.41 Å². The first-order chi connectivity index (χ1) is 16.2. The maximum atomic E-state index is 12.3. The minimum Gasteiger partial charge on any atom is -0.461 e. The van der Waals surface area contributed by atoms with Gasteiger partial charge in [0.2, 0.25) is 5.78 Å². The number of esters is 1. The fourth-order valence-corrected chi connectivity index (χ4v) is 3.58. The second kappa shape index (κ2) is 13.0. The molecule has 0 aliphatic rings.